The Balaban J connectivity index is 1.91. The fraction of sp³-hybridized carbons (Fsp3) is 0.900. The number of aliphatic imine (C=N–C) groups is 1. The molecule has 0 atom stereocenters. The molecule has 3 heteroatoms. The van der Waals surface area contributed by atoms with Gasteiger partial charge in [0.05, 0.1) is 6.54 Å². The maximum atomic E-state index is 5.61. The minimum absolute atomic E-state index is 0.00421. The van der Waals surface area contributed by atoms with Gasteiger partial charge in [0.25, 0.3) is 6.02 Å². The fourth-order valence-corrected chi connectivity index (χ4v) is 2.38. The summed E-state index contributed by atoms with van der Waals surface area (Å²) >= 11 is 0. The molecule has 0 aromatic heterocycles. The Labute approximate surface area is 79.4 Å². The highest BCUT2D eigenvalue weighted by Crippen LogP contribution is 2.38. The van der Waals surface area contributed by atoms with Crippen LogP contribution in [0.15, 0.2) is 4.99 Å². The van der Waals surface area contributed by atoms with Crippen molar-refractivity contribution in [3.63, 3.8) is 0 Å². The zero-order valence-electron chi connectivity index (χ0n) is 8.25. The summed E-state index contributed by atoms with van der Waals surface area (Å²) in [6, 6.07) is 0.398. The second-order valence-corrected chi connectivity index (χ2v) is 4.29. The van der Waals surface area contributed by atoms with Crippen molar-refractivity contribution in [1.29, 1.82) is 0 Å². The topological polar surface area (TPSA) is 47.6 Å². The first-order chi connectivity index (χ1) is 6.24. The van der Waals surface area contributed by atoms with Crippen molar-refractivity contribution in [1.82, 2.24) is 0 Å². The van der Waals surface area contributed by atoms with E-state index in [2.05, 4.69) is 11.9 Å². The molecule has 1 aliphatic heterocycles. The van der Waals surface area contributed by atoms with E-state index >= 15 is 0 Å². The molecule has 3 nitrogen and oxygen atoms in total. The molecular formula is C10H18N2O. The first-order valence-corrected chi connectivity index (χ1v) is 5.23. The maximum Gasteiger partial charge on any atom is 0.282 e. The van der Waals surface area contributed by atoms with Crippen LogP contribution in [-0.2, 0) is 4.74 Å². The lowest BCUT2D eigenvalue weighted by Gasteiger charge is -2.35. The van der Waals surface area contributed by atoms with Gasteiger partial charge in [0, 0.05) is 0 Å². The summed E-state index contributed by atoms with van der Waals surface area (Å²) in [5, 5.41) is 0. The van der Waals surface area contributed by atoms with Crippen LogP contribution in [0.3, 0.4) is 0 Å². The summed E-state index contributed by atoms with van der Waals surface area (Å²) < 4.78 is 5.61. The molecular weight excluding hydrogens is 164 g/mol. The van der Waals surface area contributed by atoms with E-state index in [1.54, 1.807) is 0 Å². The highest BCUT2D eigenvalue weighted by Gasteiger charge is 2.40. The van der Waals surface area contributed by atoms with E-state index in [9.17, 15) is 0 Å². The number of nitrogens with zero attached hydrogens (tertiary/aromatic N) is 1. The summed E-state index contributed by atoms with van der Waals surface area (Å²) in [6.07, 6.45) is 6.12. The monoisotopic (exact) mass is 182 g/mol. The van der Waals surface area contributed by atoms with E-state index in [1.165, 1.54) is 19.3 Å². The largest absolute Gasteiger partial charge is 0.457 e. The molecule has 0 aromatic carbocycles. The SMILES string of the molecule is CCC1CCC2(CC1)CN=C(N)O2. The second kappa shape index (κ2) is 3.20. The van der Waals surface area contributed by atoms with Crippen molar-refractivity contribution in [2.75, 3.05) is 6.54 Å². The normalized spacial score (nSPS) is 38.8. The van der Waals surface area contributed by atoms with Crippen LogP contribution in [0, 0.1) is 5.92 Å². The Morgan fingerprint density at radius 1 is 1.54 bits per heavy atom. The molecule has 0 aromatic rings. The summed E-state index contributed by atoms with van der Waals surface area (Å²) in [7, 11) is 0. The summed E-state index contributed by atoms with van der Waals surface area (Å²) in [4.78, 5) is 4.14. The van der Waals surface area contributed by atoms with E-state index in [0.717, 1.165) is 25.3 Å². The van der Waals surface area contributed by atoms with Gasteiger partial charge < -0.3 is 10.5 Å². The van der Waals surface area contributed by atoms with Crippen LogP contribution in [0.4, 0.5) is 0 Å². The first kappa shape index (κ1) is 8.85. The molecule has 13 heavy (non-hydrogen) atoms. The molecule has 2 N–H and O–H groups in total. The molecule has 2 rings (SSSR count). The lowest BCUT2D eigenvalue weighted by molar-refractivity contribution is 0.0288. The molecule has 1 heterocycles. The van der Waals surface area contributed by atoms with Crippen molar-refractivity contribution >= 4 is 6.02 Å². The van der Waals surface area contributed by atoms with Gasteiger partial charge in [-0.15, -0.1) is 0 Å². The smallest absolute Gasteiger partial charge is 0.282 e. The Bertz CT molecular complexity index is 217. The summed E-state index contributed by atoms with van der Waals surface area (Å²) in [5.41, 5.74) is 5.53. The lowest BCUT2D eigenvalue weighted by Crippen LogP contribution is -2.38. The Morgan fingerprint density at radius 3 is 2.69 bits per heavy atom. The van der Waals surface area contributed by atoms with Crippen LogP contribution in [-0.4, -0.2) is 18.2 Å². The van der Waals surface area contributed by atoms with Crippen LogP contribution < -0.4 is 5.73 Å². The van der Waals surface area contributed by atoms with Crippen LogP contribution in [0.5, 0.6) is 0 Å². The fourth-order valence-electron chi connectivity index (χ4n) is 2.38. The van der Waals surface area contributed by atoms with Crippen LogP contribution in [0.2, 0.25) is 0 Å². The van der Waals surface area contributed by atoms with Crippen molar-refractivity contribution < 1.29 is 4.74 Å². The van der Waals surface area contributed by atoms with Gasteiger partial charge in [-0.25, -0.2) is 4.99 Å². The number of rotatable bonds is 1. The van der Waals surface area contributed by atoms with Crippen LogP contribution in [0.1, 0.15) is 39.0 Å². The Morgan fingerprint density at radius 2 is 2.23 bits per heavy atom. The Kier molecular flexibility index (Phi) is 2.18. The molecule has 1 spiro atoms. The zero-order valence-corrected chi connectivity index (χ0v) is 8.25. The first-order valence-electron chi connectivity index (χ1n) is 5.23. The van der Waals surface area contributed by atoms with E-state index in [0.29, 0.717) is 6.02 Å². The second-order valence-electron chi connectivity index (χ2n) is 4.29. The molecule has 1 saturated carbocycles. The number of amidine groups is 1. The number of ether oxygens (including phenoxy) is 1. The molecule has 0 radical (unpaired) electrons. The third kappa shape index (κ3) is 1.64. The molecule has 0 amide bonds. The minimum Gasteiger partial charge on any atom is -0.457 e. The average Bonchev–Trinajstić information content (AvgIpc) is 2.49. The van der Waals surface area contributed by atoms with Gasteiger partial charge in [0.2, 0.25) is 0 Å². The minimum atomic E-state index is -0.00421. The molecule has 74 valence electrons. The average molecular weight is 182 g/mol. The van der Waals surface area contributed by atoms with E-state index in [4.69, 9.17) is 10.5 Å². The third-order valence-corrected chi connectivity index (χ3v) is 3.44. The van der Waals surface area contributed by atoms with Crippen molar-refractivity contribution in [3.8, 4) is 0 Å². The summed E-state index contributed by atoms with van der Waals surface area (Å²) in [6.45, 7) is 3.05. The highest BCUT2D eigenvalue weighted by molar-refractivity contribution is 5.73. The van der Waals surface area contributed by atoms with E-state index in [-0.39, 0.29) is 5.60 Å². The van der Waals surface area contributed by atoms with Gasteiger partial charge in [-0.1, -0.05) is 13.3 Å². The van der Waals surface area contributed by atoms with Gasteiger partial charge in [-0.3, -0.25) is 0 Å². The third-order valence-electron chi connectivity index (χ3n) is 3.44. The predicted molar refractivity (Wildman–Crippen MR) is 52.6 cm³/mol. The number of hydrogen-bond acceptors (Lipinski definition) is 3. The molecule has 0 unspecified atom stereocenters. The maximum absolute atomic E-state index is 5.61. The quantitative estimate of drug-likeness (QED) is 0.670. The van der Waals surface area contributed by atoms with Crippen LogP contribution >= 0.6 is 0 Å². The molecule has 2 aliphatic rings. The predicted octanol–water partition coefficient (Wildman–Crippen LogP) is 1.67. The molecule has 0 bridgehead atoms. The molecule has 1 aliphatic carbocycles. The lowest BCUT2D eigenvalue weighted by atomic mass is 9.78. The van der Waals surface area contributed by atoms with Crippen LogP contribution in [0.25, 0.3) is 0 Å². The van der Waals surface area contributed by atoms with Gasteiger partial charge in [-0.2, -0.15) is 0 Å². The Hall–Kier alpha value is -0.730. The van der Waals surface area contributed by atoms with Gasteiger partial charge in [-0.05, 0) is 31.6 Å². The van der Waals surface area contributed by atoms with Crippen molar-refractivity contribution in [2.24, 2.45) is 16.6 Å². The van der Waals surface area contributed by atoms with E-state index in [1.807, 2.05) is 0 Å². The zero-order chi connectivity index (χ0) is 9.31. The summed E-state index contributed by atoms with van der Waals surface area (Å²) in [5.74, 6) is 0.899. The van der Waals surface area contributed by atoms with Gasteiger partial charge in [0.1, 0.15) is 5.60 Å². The van der Waals surface area contributed by atoms with Crippen molar-refractivity contribution in [2.45, 2.75) is 44.6 Å². The molecule has 0 saturated heterocycles. The number of nitrogens with two attached hydrogens (primary N) is 1. The standard InChI is InChI=1S/C10H18N2O/c1-2-8-3-5-10(6-4-8)7-12-9(11)13-10/h8H,2-7H2,1H3,(H2,11,12). The van der Waals surface area contributed by atoms with Crippen molar-refractivity contribution in [3.05, 3.63) is 0 Å². The number of hydrogen-bond donors (Lipinski definition) is 1. The van der Waals surface area contributed by atoms with Gasteiger partial charge in [0.15, 0.2) is 0 Å². The van der Waals surface area contributed by atoms with Gasteiger partial charge >= 0.3 is 0 Å². The molecule has 1 fully saturated rings. The highest BCUT2D eigenvalue weighted by atomic mass is 16.5. The van der Waals surface area contributed by atoms with E-state index < -0.39 is 0 Å².